The van der Waals surface area contributed by atoms with E-state index in [1.165, 1.54) is 10.6 Å². The largest absolute Gasteiger partial charge is 0.448 e. The molecule has 0 fully saturated rings. The van der Waals surface area contributed by atoms with Gasteiger partial charge in [-0.3, -0.25) is 5.01 Å². The summed E-state index contributed by atoms with van der Waals surface area (Å²) in [5, 5.41) is 6.15. The van der Waals surface area contributed by atoms with Gasteiger partial charge in [-0.25, -0.2) is 4.79 Å². The fourth-order valence-electron chi connectivity index (χ4n) is 2.64. The predicted octanol–water partition coefficient (Wildman–Crippen LogP) is 0.896. The Bertz CT molecular complexity index is 660. The Morgan fingerprint density at radius 1 is 1.50 bits per heavy atom. The lowest BCUT2D eigenvalue weighted by molar-refractivity contribution is 0.0748. The van der Waals surface area contributed by atoms with Crippen molar-refractivity contribution in [2.24, 2.45) is 5.73 Å². The standard InChI is InChI=1S/C14H17N5O2S/c1-2-21-14(20)19-12(16-13(15)22)11-10-6-4-3-5-9(10)7-8-18(11)17-19/h3-6,17H,2,7-8H2,1H3,(H3,15,16,22). The first-order valence-electron chi connectivity index (χ1n) is 7.01. The van der Waals surface area contributed by atoms with Gasteiger partial charge in [-0.2, -0.15) is 5.01 Å². The van der Waals surface area contributed by atoms with E-state index in [2.05, 4.69) is 16.9 Å². The second-order valence-electron chi connectivity index (χ2n) is 4.88. The Labute approximate surface area is 133 Å². The van der Waals surface area contributed by atoms with Crippen LogP contribution >= 0.6 is 12.2 Å². The fourth-order valence-corrected chi connectivity index (χ4v) is 2.74. The number of fused-ring (bicyclic) bond motifs is 3. The fraction of sp³-hybridized carbons (Fsp3) is 0.286. The van der Waals surface area contributed by atoms with Crippen molar-refractivity contribution in [3.63, 3.8) is 0 Å². The summed E-state index contributed by atoms with van der Waals surface area (Å²) in [4.78, 5) is 12.1. The number of nitrogens with one attached hydrogen (secondary N) is 2. The molecule has 1 amide bonds. The van der Waals surface area contributed by atoms with Gasteiger partial charge in [-0.05, 0) is 31.1 Å². The molecule has 2 heterocycles. The molecule has 0 bridgehead atoms. The van der Waals surface area contributed by atoms with E-state index < -0.39 is 6.09 Å². The summed E-state index contributed by atoms with van der Waals surface area (Å²) < 4.78 is 5.07. The highest BCUT2D eigenvalue weighted by Crippen LogP contribution is 2.33. The number of amides is 1. The zero-order chi connectivity index (χ0) is 15.7. The van der Waals surface area contributed by atoms with Crippen LogP contribution < -0.4 is 16.6 Å². The van der Waals surface area contributed by atoms with Gasteiger partial charge in [0.1, 0.15) is 5.70 Å². The third kappa shape index (κ3) is 2.46. The van der Waals surface area contributed by atoms with Crippen LogP contribution in [0.25, 0.3) is 5.70 Å². The Balaban J connectivity index is 2.07. The zero-order valence-corrected chi connectivity index (χ0v) is 12.9. The van der Waals surface area contributed by atoms with E-state index >= 15 is 0 Å². The topological polar surface area (TPSA) is 82.9 Å². The number of carbonyl (C=O) groups excluding carboxylic acids is 1. The van der Waals surface area contributed by atoms with Crippen molar-refractivity contribution in [1.82, 2.24) is 20.9 Å². The van der Waals surface area contributed by atoms with E-state index in [0.717, 1.165) is 24.2 Å². The first kappa shape index (κ1) is 14.6. The van der Waals surface area contributed by atoms with Crippen LogP contribution in [0.15, 0.2) is 30.1 Å². The summed E-state index contributed by atoms with van der Waals surface area (Å²) in [7, 11) is 0. The molecule has 8 heteroatoms. The van der Waals surface area contributed by atoms with Gasteiger partial charge in [0, 0.05) is 12.1 Å². The molecule has 22 heavy (non-hydrogen) atoms. The number of rotatable bonds is 2. The quantitative estimate of drug-likeness (QED) is 0.699. The Kier molecular flexibility index (Phi) is 3.86. The van der Waals surface area contributed by atoms with E-state index in [-0.39, 0.29) is 11.7 Å². The number of hydrazine groups is 2. The molecule has 0 aromatic heterocycles. The summed E-state index contributed by atoms with van der Waals surface area (Å²) in [6, 6.07) is 8.04. The third-order valence-corrected chi connectivity index (χ3v) is 3.61. The lowest BCUT2D eigenvalue weighted by Crippen LogP contribution is -2.48. The summed E-state index contributed by atoms with van der Waals surface area (Å²) in [6.45, 7) is 2.76. The van der Waals surface area contributed by atoms with Gasteiger partial charge in [-0.1, -0.05) is 24.3 Å². The second kappa shape index (κ2) is 5.82. The average molecular weight is 319 g/mol. The zero-order valence-electron chi connectivity index (χ0n) is 12.1. The lowest BCUT2D eigenvalue weighted by atomic mass is 9.98. The lowest BCUT2D eigenvalue weighted by Gasteiger charge is -2.28. The van der Waals surface area contributed by atoms with Crippen LogP contribution in [0.4, 0.5) is 4.79 Å². The summed E-state index contributed by atoms with van der Waals surface area (Å²) in [6.07, 6.45) is 0.365. The number of nitrogens with two attached hydrogens (primary N) is 1. The van der Waals surface area contributed by atoms with Crippen LogP contribution in [0.5, 0.6) is 0 Å². The van der Waals surface area contributed by atoms with Crippen molar-refractivity contribution in [1.29, 1.82) is 0 Å². The molecule has 0 atom stereocenters. The number of hydrogen-bond acceptors (Lipinski definition) is 5. The molecule has 4 N–H and O–H groups in total. The van der Waals surface area contributed by atoms with Crippen LogP contribution in [0, 0.1) is 0 Å². The number of ether oxygens (including phenoxy) is 1. The third-order valence-electron chi connectivity index (χ3n) is 3.51. The summed E-state index contributed by atoms with van der Waals surface area (Å²) in [5.74, 6) is 0.484. The van der Waals surface area contributed by atoms with Crippen LogP contribution in [0.3, 0.4) is 0 Å². The highest BCUT2D eigenvalue weighted by molar-refractivity contribution is 7.80. The molecule has 3 rings (SSSR count). The van der Waals surface area contributed by atoms with Crippen LogP contribution in [-0.2, 0) is 11.2 Å². The number of carbonyl (C=O) groups is 1. The van der Waals surface area contributed by atoms with E-state index in [1.807, 2.05) is 23.2 Å². The number of hydrogen-bond donors (Lipinski definition) is 3. The minimum absolute atomic E-state index is 0.0866. The minimum Gasteiger partial charge on any atom is -0.448 e. The molecule has 0 spiro atoms. The highest BCUT2D eigenvalue weighted by Gasteiger charge is 2.37. The van der Waals surface area contributed by atoms with Crippen molar-refractivity contribution in [2.75, 3.05) is 13.2 Å². The van der Waals surface area contributed by atoms with E-state index in [0.29, 0.717) is 5.82 Å². The average Bonchev–Trinajstić information content (AvgIpc) is 2.86. The van der Waals surface area contributed by atoms with E-state index in [4.69, 9.17) is 22.7 Å². The highest BCUT2D eigenvalue weighted by atomic mass is 32.1. The monoisotopic (exact) mass is 319 g/mol. The first-order chi connectivity index (χ1) is 10.6. The summed E-state index contributed by atoms with van der Waals surface area (Å²) in [5.41, 5.74) is 11.7. The maximum absolute atomic E-state index is 12.1. The van der Waals surface area contributed by atoms with Crippen LogP contribution in [-0.4, -0.2) is 34.4 Å². The molecule has 0 saturated heterocycles. The predicted molar refractivity (Wildman–Crippen MR) is 85.7 cm³/mol. The van der Waals surface area contributed by atoms with E-state index in [1.54, 1.807) is 6.92 Å². The molecule has 7 nitrogen and oxygen atoms in total. The Morgan fingerprint density at radius 3 is 3.00 bits per heavy atom. The molecule has 1 aromatic rings. The van der Waals surface area contributed by atoms with Crippen molar-refractivity contribution < 1.29 is 9.53 Å². The smallest absolute Gasteiger partial charge is 0.431 e. The van der Waals surface area contributed by atoms with Gasteiger partial charge in [0.2, 0.25) is 0 Å². The van der Waals surface area contributed by atoms with Crippen molar-refractivity contribution in [3.8, 4) is 0 Å². The van der Waals surface area contributed by atoms with Gasteiger partial charge in [-0.15, -0.1) is 5.53 Å². The molecular weight excluding hydrogens is 302 g/mol. The number of nitrogens with zero attached hydrogens (tertiary/aromatic N) is 2. The SMILES string of the molecule is CCOC(=O)N1NN2CCc3ccccc3C2=C1NC(N)=S. The van der Waals surface area contributed by atoms with Crippen molar-refractivity contribution >= 4 is 29.1 Å². The molecule has 116 valence electrons. The minimum atomic E-state index is -0.513. The Hall–Kier alpha value is -2.32. The second-order valence-corrected chi connectivity index (χ2v) is 5.32. The van der Waals surface area contributed by atoms with Gasteiger partial charge >= 0.3 is 6.09 Å². The van der Waals surface area contributed by atoms with Crippen LogP contribution in [0.1, 0.15) is 18.1 Å². The van der Waals surface area contributed by atoms with Gasteiger partial charge in [0.05, 0.1) is 6.61 Å². The number of thiocarbonyl (C=S) groups is 1. The molecule has 0 radical (unpaired) electrons. The summed E-state index contributed by atoms with van der Waals surface area (Å²) >= 11 is 4.94. The molecule has 2 aliphatic rings. The van der Waals surface area contributed by atoms with Crippen LogP contribution in [0.2, 0.25) is 0 Å². The molecule has 0 aliphatic carbocycles. The number of benzene rings is 1. The van der Waals surface area contributed by atoms with Gasteiger partial charge in [0.15, 0.2) is 10.9 Å². The molecule has 2 aliphatic heterocycles. The molecular formula is C14H17N5O2S. The molecule has 0 unspecified atom stereocenters. The normalized spacial score (nSPS) is 16.2. The molecule has 0 saturated carbocycles. The maximum Gasteiger partial charge on any atom is 0.431 e. The maximum atomic E-state index is 12.1. The molecule has 1 aromatic carbocycles. The first-order valence-corrected chi connectivity index (χ1v) is 7.42. The van der Waals surface area contributed by atoms with E-state index in [9.17, 15) is 4.79 Å². The van der Waals surface area contributed by atoms with Gasteiger partial charge < -0.3 is 15.8 Å². The van der Waals surface area contributed by atoms with Gasteiger partial charge in [0.25, 0.3) is 0 Å². The van der Waals surface area contributed by atoms with Crippen molar-refractivity contribution in [2.45, 2.75) is 13.3 Å². The Morgan fingerprint density at radius 2 is 2.27 bits per heavy atom. The van der Waals surface area contributed by atoms with Crippen molar-refractivity contribution in [3.05, 3.63) is 41.2 Å².